The number of aryl methyl sites for hydroxylation is 1. The van der Waals surface area contributed by atoms with Gasteiger partial charge in [-0.15, -0.1) is 0 Å². The van der Waals surface area contributed by atoms with Gasteiger partial charge in [-0.25, -0.2) is 0 Å². The predicted molar refractivity (Wildman–Crippen MR) is 75.9 cm³/mol. The number of nitrogen functional groups attached to an aromatic ring is 1. The average Bonchev–Trinajstić information content (AvgIpc) is 2.29. The number of hydrogen-bond donors (Lipinski definition) is 1. The number of piperidine rings is 1. The molecule has 2 rings (SSSR count). The fourth-order valence-corrected chi connectivity index (χ4v) is 3.06. The Hall–Kier alpha value is -0.890. The largest absolute Gasteiger partial charge is 0.399 e. The van der Waals surface area contributed by atoms with Gasteiger partial charge in [0.1, 0.15) is 0 Å². The lowest BCUT2D eigenvalue weighted by Gasteiger charge is -2.37. The van der Waals surface area contributed by atoms with Crippen LogP contribution in [0.2, 0.25) is 5.02 Å². The van der Waals surface area contributed by atoms with Crippen LogP contribution in [0.3, 0.4) is 0 Å². The maximum absolute atomic E-state index is 6.39. The number of anilines is 2. The van der Waals surface area contributed by atoms with Crippen molar-refractivity contribution in [2.45, 2.75) is 45.6 Å². The molecule has 1 saturated heterocycles. The molecule has 0 aromatic heterocycles. The second-order valence-corrected chi connectivity index (χ2v) is 5.31. The van der Waals surface area contributed by atoms with Gasteiger partial charge in [0, 0.05) is 18.3 Å². The number of benzene rings is 1. The molecule has 0 aliphatic carbocycles. The fraction of sp³-hybridized carbons (Fsp3) is 0.571. The van der Waals surface area contributed by atoms with Gasteiger partial charge in [0.25, 0.3) is 0 Å². The third-order valence-electron chi connectivity index (χ3n) is 3.64. The third kappa shape index (κ3) is 2.52. The zero-order chi connectivity index (χ0) is 12.4. The maximum Gasteiger partial charge on any atom is 0.0662 e. The Morgan fingerprint density at radius 3 is 2.82 bits per heavy atom. The van der Waals surface area contributed by atoms with E-state index < -0.39 is 0 Å². The molecule has 2 nitrogen and oxygen atoms in total. The zero-order valence-electron chi connectivity index (χ0n) is 10.7. The van der Waals surface area contributed by atoms with Gasteiger partial charge in [-0.05, 0) is 50.3 Å². The van der Waals surface area contributed by atoms with Crippen LogP contribution in [0, 0.1) is 0 Å². The summed E-state index contributed by atoms with van der Waals surface area (Å²) in [4.78, 5) is 2.45. The smallest absolute Gasteiger partial charge is 0.0662 e. The summed E-state index contributed by atoms with van der Waals surface area (Å²) in [5.41, 5.74) is 9.10. The fourth-order valence-electron chi connectivity index (χ4n) is 2.70. The summed E-state index contributed by atoms with van der Waals surface area (Å²) in [5, 5.41) is 0.801. The Labute approximate surface area is 109 Å². The van der Waals surface area contributed by atoms with Crippen LogP contribution < -0.4 is 10.6 Å². The SMILES string of the molecule is CCc1cc(N)cc(Cl)c1N1CCCC[C@@H]1C. The van der Waals surface area contributed by atoms with E-state index in [0.29, 0.717) is 6.04 Å². The van der Waals surface area contributed by atoms with E-state index in [-0.39, 0.29) is 0 Å². The van der Waals surface area contributed by atoms with Gasteiger partial charge < -0.3 is 10.6 Å². The van der Waals surface area contributed by atoms with Crippen LogP contribution in [0.5, 0.6) is 0 Å². The molecular formula is C14H21ClN2. The van der Waals surface area contributed by atoms with Crippen molar-refractivity contribution in [3.63, 3.8) is 0 Å². The second kappa shape index (κ2) is 5.18. The lowest BCUT2D eigenvalue weighted by molar-refractivity contribution is 0.484. The summed E-state index contributed by atoms with van der Waals surface area (Å²) < 4.78 is 0. The van der Waals surface area contributed by atoms with Crippen molar-refractivity contribution in [3.8, 4) is 0 Å². The monoisotopic (exact) mass is 252 g/mol. The highest BCUT2D eigenvalue weighted by molar-refractivity contribution is 6.33. The molecule has 1 fully saturated rings. The molecule has 0 radical (unpaired) electrons. The first-order valence-corrected chi connectivity index (χ1v) is 6.85. The number of nitrogens with zero attached hydrogens (tertiary/aromatic N) is 1. The van der Waals surface area contributed by atoms with Crippen molar-refractivity contribution in [1.82, 2.24) is 0 Å². The van der Waals surface area contributed by atoms with Crippen molar-refractivity contribution in [3.05, 3.63) is 22.7 Å². The highest BCUT2D eigenvalue weighted by Gasteiger charge is 2.22. The quantitative estimate of drug-likeness (QED) is 0.810. The summed E-state index contributed by atoms with van der Waals surface area (Å²) in [6, 6.07) is 4.51. The number of nitrogens with two attached hydrogens (primary N) is 1. The Morgan fingerprint density at radius 1 is 1.41 bits per heavy atom. The van der Waals surface area contributed by atoms with Gasteiger partial charge in [-0.2, -0.15) is 0 Å². The molecule has 17 heavy (non-hydrogen) atoms. The van der Waals surface area contributed by atoms with Gasteiger partial charge in [0.05, 0.1) is 10.7 Å². The van der Waals surface area contributed by atoms with Crippen molar-refractivity contribution in [2.75, 3.05) is 17.2 Å². The van der Waals surface area contributed by atoms with E-state index in [1.165, 1.54) is 30.5 Å². The molecule has 1 aromatic carbocycles. The standard InChI is InChI=1S/C14H21ClN2/c1-3-11-8-12(16)9-13(15)14(11)17-7-5-4-6-10(17)2/h8-10H,3-7,16H2,1-2H3/t10-/m0/s1. The van der Waals surface area contributed by atoms with E-state index >= 15 is 0 Å². The Balaban J connectivity index is 2.42. The van der Waals surface area contributed by atoms with Crippen LogP contribution in [0.15, 0.2) is 12.1 Å². The first-order valence-electron chi connectivity index (χ1n) is 6.48. The summed E-state index contributed by atoms with van der Waals surface area (Å²) in [7, 11) is 0. The average molecular weight is 253 g/mol. The van der Waals surface area contributed by atoms with E-state index in [9.17, 15) is 0 Å². The molecular weight excluding hydrogens is 232 g/mol. The first kappa shape index (κ1) is 12.6. The van der Waals surface area contributed by atoms with Gasteiger partial charge in [0.15, 0.2) is 0 Å². The third-order valence-corrected chi connectivity index (χ3v) is 3.92. The lowest BCUT2D eigenvalue weighted by Crippen LogP contribution is -2.38. The van der Waals surface area contributed by atoms with Crippen LogP contribution in [0.4, 0.5) is 11.4 Å². The van der Waals surface area contributed by atoms with Crippen molar-refractivity contribution in [2.24, 2.45) is 0 Å². The van der Waals surface area contributed by atoms with Crippen LogP contribution in [0.1, 0.15) is 38.7 Å². The van der Waals surface area contributed by atoms with Gasteiger partial charge in [-0.3, -0.25) is 0 Å². The molecule has 0 bridgehead atoms. The Morgan fingerprint density at radius 2 is 2.18 bits per heavy atom. The van der Waals surface area contributed by atoms with E-state index in [1.54, 1.807) is 0 Å². The van der Waals surface area contributed by atoms with Gasteiger partial charge in [-0.1, -0.05) is 18.5 Å². The van der Waals surface area contributed by atoms with Crippen molar-refractivity contribution in [1.29, 1.82) is 0 Å². The zero-order valence-corrected chi connectivity index (χ0v) is 11.4. The highest BCUT2D eigenvalue weighted by Crippen LogP contribution is 2.36. The topological polar surface area (TPSA) is 29.3 Å². The van der Waals surface area contributed by atoms with E-state index in [2.05, 4.69) is 24.8 Å². The van der Waals surface area contributed by atoms with Crippen molar-refractivity contribution < 1.29 is 0 Å². The summed E-state index contributed by atoms with van der Waals surface area (Å²) >= 11 is 6.39. The first-order chi connectivity index (χ1) is 8.13. The minimum Gasteiger partial charge on any atom is -0.399 e. The molecule has 0 unspecified atom stereocenters. The van der Waals surface area contributed by atoms with Crippen LogP contribution in [0.25, 0.3) is 0 Å². The predicted octanol–water partition coefficient (Wildman–Crippen LogP) is 3.86. The van der Waals surface area contributed by atoms with Crippen molar-refractivity contribution >= 4 is 23.0 Å². The molecule has 2 N–H and O–H groups in total. The van der Waals surface area contributed by atoms with E-state index in [4.69, 9.17) is 17.3 Å². The number of halogens is 1. The molecule has 1 aromatic rings. The summed E-state index contributed by atoms with van der Waals surface area (Å²) in [6.45, 7) is 5.55. The van der Waals surface area contributed by atoms with Crippen LogP contribution in [-0.4, -0.2) is 12.6 Å². The highest BCUT2D eigenvalue weighted by atomic mass is 35.5. The minimum atomic E-state index is 0.579. The Bertz CT molecular complexity index is 403. The van der Waals surface area contributed by atoms with Crippen LogP contribution >= 0.6 is 11.6 Å². The van der Waals surface area contributed by atoms with E-state index in [0.717, 1.165) is 23.7 Å². The second-order valence-electron chi connectivity index (χ2n) is 4.90. The molecule has 1 heterocycles. The molecule has 0 amide bonds. The molecule has 0 spiro atoms. The lowest BCUT2D eigenvalue weighted by atomic mass is 10.00. The summed E-state index contributed by atoms with van der Waals surface area (Å²) in [6.07, 6.45) is 4.81. The van der Waals surface area contributed by atoms with Gasteiger partial charge in [0.2, 0.25) is 0 Å². The number of hydrogen-bond acceptors (Lipinski definition) is 2. The summed E-state index contributed by atoms with van der Waals surface area (Å²) in [5.74, 6) is 0. The molecule has 0 saturated carbocycles. The Kier molecular flexibility index (Phi) is 3.82. The molecule has 1 aliphatic heterocycles. The normalized spacial score (nSPS) is 20.6. The van der Waals surface area contributed by atoms with Crippen LogP contribution in [-0.2, 0) is 6.42 Å². The minimum absolute atomic E-state index is 0.579. The molecule has 3 heteroatoms. The molecule has 94 valence electrons. The number of rotatable bonds is 2. The molecule has 1 aliphatic rings. The molecule has 1 atom stereocenters. The maximum atomic E-state index is 6.39. The van der Waals surface area contributed by atoms with Gasteiger partial charge >= 0.3 is 0 Å². The van der Waals surface area contributed by atoms with E-state index in [1.807, 2.05) is 6.07 Å².